The maximum absolute atomic E-state index is 11.2. The van der Waals surface area contributed by atoms with Crippen molar-refractivity contribution in [3.05, 3.63) is 20.7 Å². The first-order chi connectivity index (χ1) is 7.08. The maximum Gasteiger partial charge on any atom is 0.304 e. The number of hydrogen-bond acceptors (Lipinski definition) is 4. The molecule has 0 saturated heterocycles. The van der Waals surface area contributed by atoms with Crippen LogP contribution in [0.3, 0.4) is 0 Å². The van der Waals surface area contributed by atoms with Crippen LogP contribution >= 0.6 is 11.3 Å². The summed E-state index contributed by atoms with van der Waals surface area (Å²) in [5, 5.41) is 7.45. The van der Waals surface area contributed by atoms with Gasteiger partial charge in [0, 0.05) is 23.7 Å². The van der Waals surface area contributed by atoms with E-state index in [0.29, 0.717) is 6.54 Å². The van der Waals surface area contributed by atoms with Gasteiger partial charge in [-0.05, 0) is 13.8 Å². The number of nitrogens with one attached hydrogen (secondary N) is 3. The highest BCUT2D eigenvalue weighted by atomic mass is 32.1. The molecule has 84 valence electrons. The minimum atomic E-state index is -0.0709. The Labute approximate surface area is 91.9 Å². The van der Waals surface area contributed by atoms with Gasteiger partial charge < -0.3 is 15.6 Å². The molecule has 6 heteroatoms. The normalized spacial score (nSPS) is 10.6. The van der Waals surface area contributed by atoms with Crippen LogP contribution in [-0.2, 0) is 11.3 Å². The molecule has 0 aliphatic heterocycles. The zero-order chi connectivity index (χ0) is 11.3. The van der Waals surface area contributed by atoms with Crippen LogP contribution in [0.4, 0.5) is 0 Å². The minimum absolute atomic E-state index is 0.0393. The lowest BCUT2D eigenvalue weighted by molar-refractivity contribution is -0.120. The molecule has 1 heterocycles. The van der Waals surface area contributed by atoms with Crippen LogP contribution in [0.5, 0.6) is 0 Å². The van der Waals surface area contributed by atoms with E-state index in [4.69, 9.17) is 0 Å². The first-order valence-electron chi connectivity index (χ1n) is 4.74. The summed E-state index contributed by atoms with van der Waals surface area (Å²) in [5.41, 5.74) is 0.808. The number of carbonyl (C=O) groups excluding carboxylic acids is 1. The fraction of sp³-hybridized carbons (Fsp3) is 0.556. The standard InChI is InChI=1S/C9H15N3O2S/c1-6(2)11-8(13)4-10-3-7-5-15-9(14)12-7/h5-6,10H,3-4H2,1-2H3,(H,11,13)(H,12,14). The van der Waals surface area contributed by atoms with Gasteiger partial charge in [0.05, 0.1) is 6.54 Å². The number of amides is 1. The van der Waals surface area contributed by atoms with E-state index in [0.717, 1.165) is 17.0 Å². The lowest BCUT2D eigenvalue weighted by atomic mass is 10.4. The molecule has 0 aromatic carbocycles. The SMILES string of the molecule is CC(C)NC(=O)CNCc1csc(=O)[nH]1. The molecule has 0 radical (unpaired) electrons. The van der Waals surface area contributed by atoms with E-state index in [9.17, 15) is 9.59 Å². The van der Waals surface area contributed by atoms with E-state index in [1.165, 1.54) is 0 Å². The van der Waals surface area contributed by atoms with Crippen molar-refractivity contribution >= 4 is 17.2 Å². The van der Waals surface area contributed by atoms with Crippen LogP contribution in [0.2, 0.25) is 0 Å². The van der Waals surface area contributed by atoms with E-state index < -0.39 is 0 Å². The molecular formula is C9H15N3O2S. The number of carbonyl (C=O) groups is 1. The van der Waals surface area contributed by atoms with Crippen molar-refractivity contribution in [1.82, 2.24) is 15.6 Å². The zero-order valence-electron chi connectivity index (χ0n) is 8.79. The summed E-state index contributed by atoms with van der Waals surface area (Å²) in [7, 11) is 0. The quantitative estimate of drug-likeness (QED) is 0.668. The zero-order valence-corrected chi connectivity index (χ0v) is 9.61. The number of rotatable bonds is 5. The summed E-state index contributed by atoms with van der Waals surface area (Å²) >= 11 is 1.12. The molecule has 0 aliphatic carbocycles. The molecule has 0 aliphatic rings. The van der Waals surface area contributed by atoms with Gasteiger partial charge in [0.15, 0.2) is 0 Å². The Balaban J connectivity index is 2.22. The van der Waals surface area contributed by atoms with Crippen molar-refractivity contribution in [2.75, 3.05) is 6.54 Å². The van der Waals surface area contributed by atoms with Crippen molar-refractivity contribution in [1.29, 1.82) is 0 Å². The summed E-state index contributed by atoms with van der Waals surface area (Å²) < 4.78 is 0. The Bertz CT molecular complexity index is 369. The van der Waals surface area contributed by atoms with Crippen LogP contribution in [-0.4, -0.2) is 23.5 Å². The second-order valence-electron chi connectivity index (χ2n) is 3.50. The Morgan fingerprint density at radius 1 is 1.60 bits per heavy atom. The number of H-pyrrole nitrogens is 1. The fourth-order valence-electron chi connectivity index (χ4n) is 1.08. The molecule has 3 N–H and O–H groups in total. The molecule has 5 nitrogen and oxygen atoms in total. The number of thiazole rings is 1. The lowest BCUT2D eigenvalue weighted by Crippen LogP contribution is -2.37. The van der Waals surface area contributed by atoms with E-state index in [2.05, 4.69) is 15.6 Å². The molecule has 1 aromatic heterocycles. The van der Waals surface area contributed by atoms with Crippen molar-refractivity contribution in [3.63, 3.8) is 0 Å². The first-order valence-corrected chi connectivity index (χ1v) is 5.62. The summed E-state index contributed by atoms with van der Waals surface area (Å²) in [6.07, 6.45) is 0. The van der Waals surface area contributed by atoms with Gasteiger partial charge >= 0.3 is 4.87 Å². The Hall–Kier alpha value is -1.14. The van der Waals surface area contributed by atoms with Gasteiger partial charge in [0.1, 0.15) is 0 Å². The molecule has 0 saturated carbocycles. The predicted octanol–water partition coefficient (Wildman–Crippen LogP) is 0.0506. The minimum Gasteiger partial charge on any atom is -0.353 e. The van der Waals surface area contributed by atoms with Gasteiger partial charge in [-0.15, -0.1) is 0 Å². The van der Waals surface area contributed by atoms with E-state index in [1.54, 1.807) is 5.38 Å². The lowest BCUT2D eigenvalue weighted by Gasteiger charge is -2.08. The summed E-state index contributed by atoms with van der Waals surface area (Å²) in [6.45, 7) is 4.59. The van der Waals surface area contributed by atoms with E-state index in [1.807, 2.05) is 13.8 Å². The Kier molecular flexibility index (Phi) is 4.51. The second-order valence-corrected chi connectivity index (χ2v) is 4.34. The third kappa shape index (κ3) is 4.75. The van der Waals surface area contributed by atoms with Crippen molar-refractivity contribution in [3.8, 4) is 0 Å². The van der Waals surface area contributed by atoms with Crippen molar-refractivity contribution in [2.45, 2.75) is 26.4 Å². The van der Waals surface area contributed by atoms with E-state index in [-0.39, 0.29) is 23.4 Å². The second kappa shape index (κ2) is 5.67. The Morgan fingerprint density at radius 2 is 2.33 bits per heavy atom. The molecule has 0 bridgehead atoms. The van der Waals surface area contributed by atoms with Crippen LogP contribution < -0.4 is 15.5 Å². The van der Waals surface area contributed by atoms with Crippen LogP contribution in [0.1, 0.15) is 19.5 Å². The van der Waals surface area contributed by atoms with Crippen LogP contribution in [0, 0.1) is 0 Å². The highest BCUT2D eigenvalue weighted by molar-refractivity contribution is 7.07. The topological polar surface area (TPSA) is 74.0 Å². The first kappa shape index (κ1) is 11.9. The highest BCUT2D eigenvalue weighted by Crippen LogP contribution is 1.93. The van der Waals surface area contributed by atoms with Gasteiger partial charge in [0.25, 0.3) is 0 Å². The smallest absolute Gasteiger partial charge is 0.304 e. The molecule has 0 atom stereocenters. The molecule has 15 heavy (non-hydrogen) atoms. The summed E-state index contributed by atoms with van der Waals surface area (Å²) in [6, 6.07) is 0.153. The summed E-state index contributed by atoms with van der Waals surface area (Å²) in [5.74, 6) is -0.0393. The van der Waals surface area contributed by atoms with Crippen LogP contribution in [0.15, 0.2) is 10.2 Å². The average molecular weight is 229 g/mol. The van der Waals surface area contributed by atoms with Gasteiger partial charge in [-0.1, -0.05) is 11.3 Å². The molecule has 1 amide bonds. The molecule has 0 fully saturated rings. The molecule has 0 spiro atoms. The summed E-state index contributed by atoms with van der Waals surface area (Å²) in [4.78, 5) is 24.6. The molecule has 1 aromatic rings. The number of hydrogen-bond donors (Lipinski definition) is 3. The predicted molar refractivity (Wildman–Crippen MR) is 59.9 cm³/mol. The monoisotopic (exact) mass is 229 g/mol. The third-order valence-corrected chi connectivity index (χ3v) is 2.34. The maximum atomic E-state index is 11.2. The number of aromatic amines is 1. The highest BCUT2D eigenvalue weighted by Gasteiger charge is 2.02. The van der Waals surface area contributed by atoms with Gasteiger partial charge in [-0.3, -0.25) is 9.59 Å². The van der Waals surface area contributed by atoms with Gasteiger partial charge in [-0.2, -0.15) is 0 Å². The number of aromatic nitrogens is 1. The molecule has 0 unspecified atom stereocenters. The van der Waals surface area contributed by atoms with Gasteiger partial charge in [-0.25, -0.2) is 0 Å². The molecule has 1 rings (SSSR count). The molecular weight excluding hydrogens is 214 g/mol. The van der Waals surface area contributed by atoms with Crippen LogP contribution in [0.25, 0.3) is 0 Å². The average Bonchev–Trinajstić information content (AvgIpc) is 2.50. The van der Waals surface area contributed by atoms with Crippen molar-refractivity contribution in [2.24, 2.45) is 0 Å². The van der Waals surface area contributed by atoms with Gasteiger partial charge in [0.2, 0.25) is 5.91 Å². The Morgan fingerprint density at radius 3 is 2.87 bits per heavy atom. The fourth-order valence-corrected chi connectivity index (χ4v) is 1.67. The largest absolute Gasteiger partial charge is 0.353 e. The third-order valence-electron chi connectivity index (χ3n) is 1.62. The van der Waals surface area contributed by atoms with E-state index >= 15 is 0 Å². The van der Waals surface area contributed by atoms with Crippen molar-refractivity contribution < 1.29 is 4.79 Å².